The lowest BCUT2D eigenvalue weighted by Crippen LogP contribution is -2.29. The molecule has 0 aliphatic carbocycles. The summed E-state index contributed by atoms with van der Waals surface area (Å²) in [7, 11) is 1.58. The highest BCUT2D eigenvalue weighted by atomic mass is 35.5. The van der Waals surface area contributed by atoms with Gasteiger partial charge in [0.25, 0.3) is 5.91 Å². The van der Waals surface area contributed by atoms with Crippen LogP contribution in [0.4, 0.5) is 5.69 Å². The van der Waals surface area contributed by atoms with Crippen LogP contribution in [0.2, 0.25) is 5.02 Å². The molecule has 1 unspecified atom stereocenters. The molecule has 1 atom stereocenters. The normalized spacial score (nSPS) is 15.0. The number of amides is 1. The topological polar surface area (TPSA) is 69.0 Å². The van der Waals surface area contributed by atoms with Crippen LogP contribution in [0.3, 0.4) is 0 Å². The van der Waals surface area contributed by atoms with E-state index >= 15 is 0 Å². The van der Waals surface area contributed by atoms with E-state index in [9.17, 15) is 9.59 Å². The third-order valence-electron chi connectivity index (χ3n) is 5.83. The molecule has 1 aromatic heterocycles. The van der Waals surface area contributed by atoms with E-state index in [2.05, 4.69) is 0 Å². The number of halogens is 1. The van der Waals surface area contributed by atoms with Gasteiger partial charge in [-0.05, 0) is 66.6 Å². The second kappa shape index (κ2) is 8.88. The van der Waals surface area contributed by atoms with Crippen molar-refractivity contribution in [2.75, 3.05) is 18.6 Å². The lowest BCUT2D eigenvalue weighted by molar-refractivity contribution is 0.0971. The number of ether oxygens (including phenoxy) is 2. The van der Waals surface area contributed by atoms with Crippen LogP contribution >= 0.6 is 11.6 Å². The molecule has 1 amide bonds. The van der Waals surface area contributed by atoms with Gasteiger partial charge in [-0.1, -0.05) is 30.7 Å². The zero-order valence-electron chi connectivity index (χ0n) is 18.7. The van der Waals surface area contributed by atoms with Crippen LogP contribution in [0.15, 0.2) is 75.9 Å². The number of benzene rings is 3. The fraction of sp³-hybridized carbons (Fsp3) is 0.185. The van der Waals surface area contributed by atoms with Crippen molar-refractivity contribution in [1.82, 2.24) is 0 Å². The number of anilines is 1. The fourth-order valence-corrected chi connectivity index (χ4v) is 4.44. The first kappa shape index (κ1) is 22.0. The lowest BCUT2D eigenvalue weighted by atomic mass is 9.98. The molecular weight excluding hydrogens is 454 g/mol. The Bertz CT molecular complexity index is 1440. The van der Waals surface area contributed by atoms with Gasteiger partial charge in [-0.3, -0.25) is 14.5 Å². The highest BCUT2D eigenvalue weighted by Gasteiger charge is 2.43. The van der Waals surface area contributed by atoms with Crippen LogP contribution in [-0.4, -0.2) is 19.6 Å². The second-order valence-corrected chi connectivity index (χ2v) is 8.45. The standard InChI is InChI=1S/C27H22ClNO5/c1-3-13-33-20-6-4-5-16(14-20)24-23-25(30)21-15-17(28)7-12-22(21)34-26(23)27(31)29(24)18-8-10-19(32-2)11-9-18/h4-12,14-15,24H,3,13H2,1-2H3. The van der Waals surface area contributed by atoms with Crippen LogP contribution in [-0.2, 0) is 0 Å². The first-order chi connectivity index (χ1) is 16.5. The number of fused-ring (bicyclic) bond motifs is 2. The van der Waals surface area contributed by atoms with Crippen molar-refractivity contribution < 1.29 is 18.7 Å². The molecular formula is C27H22ClNO5. The van der Waals surface area contributed by atoms with Crippen molar-refractivity contribution in [1.29, 1.82) is 0 Å². The van der Waals surface area contributed by atoms with Crippen molar-refractivity contribution in [2.45, 2.75) is 19.4 Å². The van der Waals surface area contributed by atoms with E-state index in [4.69, 9.17) is 25.5 Å². The molecule has 7 heteroatoms. The fourth-order valence-electron chi connectivity index (χ4n) is 4.26. The third kappa shape index (κ3) is 3.70. The minimum Gasteiger partial charge on any atom is -0.497 e. The molecule has 0 saturated heterocycles. The third-order valence-corrected chi connectivity index (χ3v) is 6.06. The molecule has 1 aliphatic heterocycles. The molecule has 0 radical (unpaired) electrons. The van der Waals surface area contributed by atoms with Gasteiger partial charge in [0.1, 0.15) is 17.1 Å². The Hall–Kier alpha value is -3.77. The van der Waals surface area contributed by atoms with E-state index in [1.165, 1.54) is 0 Å². The summed E-state index contributed by atoms with van der Waals surface area (Å²) in [6, 6.07) is 18.7. The zero-order valence-corrected chi connectivity index (χ0v) is 19.5. The summed E-state index contributed by atoms with van der Waals surface area (Å²) in [6.45, 7) is 2.60. The van der Waals surface area contributed by atoms with Crippen LogP contribution < -0.4 is 19.8 Å². The molecule has 3 aromatic carbocycles. The number of carbonyl (C=O) groups excluding carboxylic acids is 1. The number of carbonyl (C=O) groups is 1. The summed E-state index contributed by atoms with van der Waals surface area (Å²) in [5.74, 6) is 0.969. The van der Waals surface area contributed by atoms with Crippen LogP contribution in [0, 0.1) is 0 Å². The van der Waals surface area contributed by atoms with E-state index < -0.39 is 6.04 Å². The largest absolute Gasteiger partial charge is 0.497 e. The van der Waals surface area contributed by atoms with Crippen molar-refractivity contribution in [3.8, 4) is 11.5 Å². The molecule has 5 rings (SSSR count). The summed E-state index contributed by atoms with van der Waals surface area (Å²) >= 11 is 6.16. The van der Waals surface area contributed by atoms with Crippen molar-refractivity contribution in [3.63, 3.8) is 0 Å². The summed E-state index contributed by atoms with van der Waals surface area (Å²) in [5.41, 5.74) is 1.67. The first-order valence-corrected chi connectivity index (χ1v) is 11.4. The molecule has 6 nitrogen and oxygen atoms in total. The first-order valence-electron chi connectivity index (χ1n) is 11.0. The Kier molecular flexibility index (Phi) is 5.75. The van der Waals surface area contributed by atoms with E-state index in [-0.39, 0.29) is 22.7 Å². The SMILES string of the molecule is CCCOc1cccc(C2c3c(oc4ccc(Cl)cc4c3=O)C(=O)N2c2ccc(OC)cc2)c1. The Labute approximate surface area is 201 Å². The minimum absolute atomic E-state index is 0.0283. The van der Waals surface area contributed by atoms with Gasteiger partial charge >= 0.3 is 0 Å². The van der Waals surface area contributed by atoms with E-state index in [0.717, 1.165) is 12.0 Å². The highest BCUT2D eigenvalue weighted by Crippen LogP contribution is 2.42. The molecule has 0 spiro atoms. The summed E-state index contributed by atoms with van der Waals surface area (Å²) < 4.78 is 17.1. The number of hydrogen-bond donors (Lipinski definition) is 0. The Morgan fingerprint density at radius 1 is 1.00 bits per heavy atom. The molecule has 172 valence electrons. The van der Waals surface area contributed by atoms with Crippen LogP contribution in [0.5, 0.6) is 11.5 Å². The second-order valence-electron chi connectivity index (χ2n) is 8.01. The maximum atomic E-state index is 13.7. The number of nitrogens with zero attached hydrogens (tertiary/aromatic N) is 1. The maximum Gasteiger partial charge on any atom is 0.295 e. The van der Waals surface area contributed by atoms with Gasteiger partial charge in [0.15, 0.2) is 5.43 Å². The monoisotopic (exact) mass is 475 g/mol. The summed E-state index contributed by atoms with van der Waals surface area (Å²) in [5, 5.41) is 0.751. The average Bonchev–Trinajstić information content (AvgIpc) is 3.16. The number of rotatable bonds is 6. The minimum atomic E-state index is -0.694. The number of hydrogen-bond acceptors (Lipinski definition) is 5. The predicted molar refractivity (Wildman–Crippen MR) is 131 cm³/mol. The Morgan fingerprint density at radius 2 is 1.79 bits per heavy atom. The quantitative estimate of drug-likeness (QED) is 0.342. The van der Waals surface area contributed by atoms with Crippen LogP contribution in [0.25, 0.3) is 11.0 Å². The smallest absolute Gasteiger partial charge is 0.295 e. The summed E-state index contributed by atoms with van der Waals surface area (Å²) in [4.78, 5) is 28.9. The average molecular weight is 476 g/mol. The zero-order chi connectivity index (χ0) is 23.8. The van der Waals surface area contributed by atoms with Gasteiger partial charge in [-0.2, -0.15) is 0 Å². The summed E-state index contributed by atoms with van der Waals surface area (Å²) in [6.07, 6.45) is 0.864. The van der Waals surface area contributed by atoms with Crippen LogP contribution in [0.1, 0.15) is 41.1 Å². The highest BCUT2D eigenvalue weighted by molar-refractivity contribution is 6.31. The molecule has 0 N–H and O–H groups in total. The van der Waals surface area contributed by atoms with E-state index in [1.54, 1.807) is 54.5 Å². The van der Waals surface area contributed by atoms with Gasteiger partial charge in [0.2, 0.25) is 5.76 Å². The van der Waals surface area contributed by atoms with E-state index in [1.807, 2.05) is 31.2 Å². The molecule has 4 aromatic rings. The van der Waals surface area contributed by atoms with Crippen molar-refractivity contribution in [3.05, 3.63) is 98.9 Å². The molecule has 0 bridgehead atoms. The maximum absolute atomic E-state index is 13.7. The Balaban J connectivity index is 1.74. The molecule has 2 heterocycles. The van der Waals surface area contributed by atoms with Gasteiger partial charge in [0.05, 0.1) is 30.7 Å². The lowest BCUT2D eigenvalue weighted by Gasteiger charge is -2.25. The molecule has 34 heavy (non-hydrogen) atoms. The predicted octanol–water partition coefficient (Wildman–Crippen LogP) is 5.99. The van der Waals surface area contributed by atoms with E-state index in [0.29, 0.717) is 39.8 Å². The van der Waals surface area contributed by atoms with Crippen molar-refractivity contribution in [2.24, 2.45) is 0 Å². The Morgan fingerprint density at radius 3 is 2.53 bits per heavy atom. The molecule has 1 aliphatic rings. The van der Waals surface area contributed by atoms with Gasteiger partial charge in [0, 0.05) is 10.7 Å². The molecule has 0 fully saturated rings. The van der Waals surface area contributed by atoms with Gasteiger partial charge in [-0.25, -0.2) is 0 Å². The van der Waals surface area contributed by atoms with Gasteiger partial charge < -0.3 is 13.9 Å². The molecule has 0 saturated carbocycles. The van der Waals surface area contributed by atoms with Crippen molar-refractivity contribution >= 4 is 34.2 Å². The van der Waals surface area contributed by atoms with Gasteiger partial charge in [-0.15, -0.1) is 0 Å². The number of methoxy groups -OCH3 is 1.